The first kappa shape index (κ1) is 50.2. The number of nitrogens with two attached hydrogens (primary N) is 2. The van der Waals surface area contributed by atoms with E-state index in [-0.39, 0.29) is 63.5 Å². The van der Waals surface area contributed by atoms with Gasteiger partial charge in [0.15, 0.2) is 18.2 Å². The van der Waals surface area contributed by atoms with Gasteiger partial charge in [0.25, 0.3) is 11.8 Å². The predicted molar refractivity (Wildman–Crippen MR) is 211 cm³/mol. The van der Waals surface area contributed by atoms with E-state index in [0.717, 1.165) is 39.0 Å². The molecule has 0 aromatic heterocycles. The Morgan fingerprint density at radius 1 is 0.803 bits per heavy atom. The Hall–Kier alpha value is -5.20. The minimum Gasteiger partial charge on any atom is -0.481 e. The van der Waals surface area contributed by atoms with Gasteiger partial charge in [-0.25, -0.2) is 4.39 Å². The van der Waals surface area contributed by atoms with Gasteiger partial charge in [-0.05, 0) is 51.4 Å². The van der Waals surface area contributed by atoms with Gasteiger partial charge >= 0.3 is 5.97 Å². The summed E-state index contributed by atoms with van der Waals surface area (Å²) in [6.45, 7) is -0.161. The Bertz CT molecular complexity index is 1580. The van der Waals surface area contributed by atoms with Crippen molar-refractivity contribution in [3.63, 3.8) is 0 Å². The van der Waals surface area contributed by atoms with Gasteiger partial charge in [0.1, 0.15) is 48.6 Å². The number of amides is 7. The number of halogens is 1. The number of rotatable bonds is 17. The van der Waals surface area contributed by atoms with Crippen LogP contribution in [0.15, 0.2) is 4.99 Å². The van der Waals surface area contributed by atoms with Crippen molar-refractivity contribution in [1.82, 2.24) is 37.2 Å². The minimum absolute atomic E-state index is 0.00983. The molecule has 7 amide bonds. The highest BCUT2D eigenvalue weighted by molar-refractivity contribution is 5.98. The average Bonchev–Trinajstić information content (AvgIpc) is 3.21. The summed E-state index contributed by atoms with van der Waals surface area (Å²) in [5, 5.41) is 57.9. The number of nitrogens with one attached hydrogen (secondary N) is 7. The number of ether oxygens (including phenoxy) is 1. The molecule has 0 spiro atoms. The van der Waals surface area contributed by atoms with Crippen LogP contribution >= 0.6 is 0 Å². The normalized spacial score (nSPS) is 28.9. The van der Waals surface area contributed by atoms with Crippen LogP contribution in [0.3, 0.4) is 0 Å². The van der Waals surface area contributed by atoms with Gasteiger partial charge < -0.3 is 73.8 Å². The van der Waals surface area contributed by atoms with Crippen molar-refractivity contribution in [3.8, 4) is 0 Å². The first-order chi connectivity index (χ1) is 28.9. The number of carboxylic acids is 1. The number of carbonyl (C=O) groups excluding carboxylic acids is 7. The van der Waals surface area contributed by atoms with E-state index < -0.39 is 128 Å². The number of aliphatic hydroxyl groups is 3. The number of guanidine groups is 1. The van der Waals surface area contributed by atoms with Crippen molar-refractivity contribution in [2.24, 2.45) is 22.4 Å². The summed E-state index contributed by atoms with van der Waals surface area (Å²) in [5.41, 5.74) is 10.8. The first-order valence-electron chi connectivity index (χ1n) is 20.5. The zero-order valence-electron chi connectivity index (χ0n) is 34.1. The third kappa shape index (κ3) is 16.6. The molecule has 2 aliphatic heterocycles. The quantitative estimate of drug-likeness (QED) is 0.0370. The van der Waals surface area contributed by atoms with Crippen LogP contribution in [-0.4, -0.2) is 161 Å². The molecule has 61 heavy (non-hydrogen) atoms. The lowest BCUT2D eigenvalue weighted by atomic mass is 9.84. The van der Waals surface area contributed by atoms with Gasteiger partial charge in [0.2, 0.25) is 29.5 Å². The maximum Gasteiger partial charge on any atom is 0.305 e. The molecule has 15 N–H and O–H groups in total. The number of alkyl halides is 1. The fourth-order valence-electron chi connectivity index (χ4n) is 7.23. The maximum absolute atomic E-state index is 14.0. The highest BCUT2D eigenvalue weighted by Crippen LogP contribution is 2.28. The van der Waals surface area contributed by atoms with E-state index >= 15 is 0 Å². The summed E-state index contributed by atoms with van der Waals surface area (Å²) in [5.74, 6) is -7.75. The number of aliphatic hydroxyl groups excluding tert-OH is 3. The van der Waals surface area contributed by atoms with E-state index in [1.807, 2.05) is 0 Å². The number of carbonyl (C=O) groups is 8. The molecule has 0 aromatic rings. The molecule has 2 saturated heterocycles. The van der Waals surface area contributed by atoms with Crippen LogP contribution in [-0.2, 0) is 43.1 Å². The minimum atomic E-state index is -1.88. The molecule has 3 fully saturated rings. The van der Waals surface area contributed by atoms with Crippen molar-refractivity contribution < 1.29 is 67.9 Å². The molecule has 0 bridgehead atoms. The molecular weight excluding hydrogens is 810 g/mol. The molecule has 4 unspecified atom stereocenters. The summed E-state index contributed by atoms with van der Waals surface area (Å²) >= 11 is 0. The van der Waals surface area contributed by atoms with Crippen molar-refractivity contribution in [3.05, 3.63) is 0 Å². The molecule has 3 aliphatic rings. The fraction of sp³-hybridized carbons (Fsp3) is 0.757. The van der Waals surface area contributed by atoms with E-state index in [9.17, 15) is 63.2 Å². The molecule has 24 heteroatoms. The molecule has 2 heterocycles. The molecule has 0 aromatic carbocycles. The highest BCUT2D eigenvalue weighted by atomic mass is 18.2. The van der Waals surface area contributed by atoms with Gasteiger partial charge in [-0.3, -0.25) is 43.3 Å². The number of nitrogens with zero attached hydrogens (tertiary/aromatic N) is 1. The average molecular weight is 872 g/mol. The Balaban J connectivity index is 1.80. The van der Waals surface area contributed by atoms with Crippen molar-refractivity contribution in [1.29, 1.82) is 0 Å². The lowest BCUT2D eigenvalue weighted by Crippen LogP contribution is -2.63. The molecule has 1 aliphatic carbocycles. The smallest absolute Gasteiger partial charge is 0.305 e. The summed E-state index contributed by atoms with van der Waals surface area (Å²) < 4.78 is 18.8. The van der Waals surface area contributed by atoms with Crippen LogP contribution in [0.5, 0.6) is 0 Å². The maximum atomic E-state index is 14.0. The van der Waals surface area contributed by atoms with E-state index in [4.69, 9.17) is 16.2 Å². The first-order valence-corrected chi connectivity index (χ1v) is 20.5. The third-order valence-electron chi connectivity index (χ3n) is 10.6. The van der Waals surface area contributed by atoms with Crippen LogP contribution in [0.25, 0.3) is 0 Å². The summed E-state index contributed by atoms with van der Waals surface area (Å²) in [6, 6.07) is -5.43. The zero-order chi connectivity index (χ0) is 45.2. The summed E-state index contributed by atoms with van der Waals surface area (Å²) in [6.07, 6.45) is -6.30. The van der Waals surface area contributed by atoms with E-state index in [1.165, 1.54) is 0 Å². The zero-order valence-corrected chi connectivity index (χ0v) is 34.1. The number of carboxylic acid groups (broad SMARTS) is 1. The van der Waals surface area contributed by atoms with Crippen molar-refractivity contribution in [2.45, 2.75) is 145 Å². The van der Waals surface area contributed by atoms with E-state index in [1.54, 1.807) is 0 Å². The molecule has 1 saturated carbocycles. The molecule has 344 valence electrons. The second kappa shape index (κ2) is 24.9. The molecule has 0 radical (unpaired) electrons. The van der Waals surface area contributed by atoms with Crippen LogP contribution in [0.2, 0.25) is 0 Å². The Morgan fingerprint density at radius 2 is 1.41 bits per heavy atom. The lowest BCUT2D eigenvalue weighted by molar-refractivity contribution is -0.219. The lowest BCUT2D eigenvalue weighted by Gasteiger charge is -2.40. The second-order valence-electron chi connectivity index (χ2n) is 15.5. The van der Waals surface area contributed by atoms with Crippen LogP contribution in [0, 0.1) is 5.92 Å². The van der Waals surface area contributed by atoms with Gasteiger partial charge in [-0.1, -0.05) is 32.1 Å². The van der Waals surface area contributed by atoms with Gasteiger partial charge in [0.05, 0.1) is 13.0 Å². The van der Waals surface area contributed by atoms with Crippen LogP contribution < -0.4 is 48.7 Å². The SMILES string of the molecule is CC([18F])C(=O)NC[C@H]1OC(C(=O)NCCCC[C@@H]2NC(=O)C(CC3CCCCC3)NC(=O)[C@H](CC(=O)O)NC(=O)CNC(=O)[C@H](CCCN=C(N)N)NC2=O)[C@@H](O)C(O)[C@H]1O. The van der Waals surface area contributed by atoms with Crippen molar-refractivity contribution >= 4 is 53.3 Å². The topological polar surface area (TPSA) is 375 Å². The van der Waals surface area contributed by atoms with Gasteiger partial charge in [-0.15, -0.1) is 0 Å². The van der Waals surface area contributed by atoms with Gasteiger partial charge in [0, 0.05) is 19.6 Å². The second-order valence-corrected chi connectivity index (χ2v) is 15.5. The monoisotopic (exact) mass is 871 g/mol. The Morgan fingerprint density at radius 3 is 2.05 bits per heavy atom. The summed E-state index contributed by atoms with van der Waals surface area (Å²) in [4.78, 5) is 108. The molecular formula is C37H61FN10O13. The van der Waals surface area contributed by atoms with E-state index in [0.29, 0.717) is 0 Å². The largest absolute Gasteiger partial charge is 0.481 e. The molecule has 10 atom stereocenters. The van der Waals surface area contributed by atoms with Crippen molar-refractivity contribution in [2.75, 3.05) is 26.2 Å². The predicted octanol–water partition coefficient (Wildman–Crippen LogP) is -4.84. The molecule has 3 rings (SSSR count). The van der Waals surface area contributed by atoms with Crippen LogP contribution in [0.1, 0.15) is 84.0 Å². The number of unbranched alkanes of at least 4 members (excludes halogenated alkanes) is 1. The Labute approximate surface area is 351 Å². The Kier molecular flexibility index (Phi) is 20.5. The number of aliphatic carboxylic acids is 1. The molecule has 23 nitrogen and oxygen atoms in total. The third-order valence-corrected chi connectivity index (χ3v) is 10.6. The van der Waals surface area contributed by atoms with E-state index in [2.05, 4.69) is 42.2 Å². The summed E-state index contributed by atoms with van der Waals surface area (Å²) in [7, 11) is 0. The fourth-order valence-corrected chi connectivity index (χ4v) is 7.23. The number of aliphatic imine (C=N–C) groups is 1. The van der Waals surface area contributed by atoms with Crippen LogP contribution in [0.4, 0.5) is 4.39 Å². The standard InChI is InChI=1S/C37H61FN10O13/c1-18(38)31(55)43-16-24-27(52)28(53)29(54)30(61-24)36(60)41-12-6-5-10-21-33(57)46-20(11-7-13-42-37(39)40)32(56)44-17-25(49)45-23(15-26(50)51)35(59)48-22(34(58)47-21)14-19-8-3-2-4-9-19/h18-24,27-30,52-54H,2-17H2,1H3,(H,41,60)(H,43,55)(H,44,56)(H,45,49)(H,46,57)(H,47,58)(H,48,59)(H,50,51)(H4,39,40,42)/t18?,20-,21-,22?,23-,24+,27-,28?,29-,30?/m0/s1/i38-1. The highest BCUT2D eigenvalue weighted by Gasteiger charge is 2.46. The number of hydrogen-bond acceptors (Lipinski definition) is 13. The van der Waals surface area contributed by atoms with Gasteiger partial charge in [-0.2, -0.15) is 0 Å². The number of hydrogen-bond donors (Lipinski definition) is 13.